The summed E-state index contributed by atoms with van der Waals surface area (Å²) < 4.78 is 6.53. The van der Waals surface area contributed by atoms with Crippen LogP contribution >= 0.6 is 11.8 Å². The Labute approximate surface area is 243 Å². The van der Waals surface area contributed by atoms with Crippen LogP contribution in [0.4, 0.5) is 0 Å². The van der Waals surface area contributed by atoms with Gasteiger partial charge in [-0.05, 0) is 83.2 Å². The summed E-state index contributed by atoms with van der Waals surface area (Å²) in [4.78, 5) is 25.2. The molecule has 0 aliphatic rings. The van der Waals surface area contributed by atoms with Crippen molar-refractivity contribution in [3.63, 3.8) is 0 Å². The molecule has 1 amide bonds. The number of carboxylic acid groups (broad SMARTS) is 1. The molecule has 0 fully saturated rings. The lowest BCUT2D eigenvalue weighted by molar-refractivity contribution is -0.139. The second kappa shape index (κ2) is 15.6. The van der Waals surface area contributed by atoms with E-state index in [1.54, 1.807) is 17.8 Å². The molecule has 2 N–H and O–H groups in total. The average Bonchev–Trinajstić information content (AvgIpc) is 2.95. The van der Waals surface area contributed by atoms with Crippen LogP contribution in [0.1, 0.15) is 91.1 Å². The van der Waals surface area contributed by atoms with E-state index < -0.39 is 12.0 Å². The molecule has 3 aromatic carbocycles. The highest BCUT2D eigenvalue weighted by atomic mass is 32.2. The van der Waals surface area contributed by atoms with Gasteiger partial charge in [0, 0.05) is 5.56 Å². The zero-order valence-electron chi connectivity index (χ0n) is 24.4. The minimum absolute atomic E-state index is 0.0173. The van der Waals surface area contributed by atoms with E-state index in [0.29, 0.717) is 30.3 Å². The molecule has 0 aliphatic heterocycles. The SMILES string of the molecule is CCCC[C@@H](OCc1ccc(C(=O)N[C@@H](CCSC)C(=O)O)c(-c2ccccc2C)c1)c1cccc(C(C)C)c1. The summed E-state index contributed by atoms with van der Waals surface area (Å²) in [5.74, 6) is -0.309. The van der Waals surface area contributed by atoms with Gasteiger partial charge in [0.15, 0.2) is 0 Å². The van der Waals surface area contributed by atoms with E-state index in [2.05, 4.69) is 50.4 Å². The molecular weight excluding hydrogens is 518 g/mol. The molecule has 6 heteroatoms. The molecule has 3 aromatic rings. The third kappa shape index (κ3) is 8.70. The van der Waals surface area contributed by atoms with Gasteiger partial charge in [-0.15, -0.1) is 0 Å². The van der Waals surface area contributed by atoms with Crippen LogP contribution in [0.2, 0.25) is 0 Å². The van der Waals surface area contributed by atoms with Crippen molar-refractivity contribution in [2.75, 3.05) is 12.0 Å². The Bertz CT molecular complexity index is 1270. The summed E-state index contributed by atoms with van der Waals surface area (Å²) in [7, 11) is 0. The van der Waals surface area contributed by atoms with E-state index in [0.717, 1.165) is 41.5 Å². The minimum Gasteiger partial charge on any atom is -0.480 e. The molecule has 0 radical (unpaired) electrons. The Morgan fingerprint density at radius 1 is 0.950 bits per heavy atom. The predicted molar refractivity (Wildman–Crippen MR) is 166 cm³/mol. The van der Waals surface area contributed by atoms with E-state index >= 15 is 0 Å². The van der Waals surface area contributed by atoms with E-state index in [-0.39, 0.29) is 12.0 Å². The van der Waals surface area contributed by atoms with Gasteiger partial charge in [0.25, 0.3) is 5.91 Å². The maximum atomic E-state index is 13.4. The number of hydrogen-bond acceptors (Lipinski definition) is 4. The lowest BCUT2D eigenvalue weighted by atomic mass is 9.93. The summed E-state index contributed by atoms with van der Waals surface area (Å²) in [6.07, 6.45) is 5.38. The van der Waals surface area contributed by atoms with Gasteiger partial charge in [-0.1, -0.05) is 88.2 Å². The van der Waals surface area contributed by atoms with Crippen LogP contribution in [0, 0.1) is 6.92 Å². The van der Waals surface area contributed by atoms with Crippen molar-refractivity contribution in [2.24, 2.45) is 0 Å². The molecule has 0 bridgehead atoms. The Hall–Kier alpha value is -3.09. The zero-order valence-corrected chi connectivity index (χ0v) is 25.2. The molecule has 5 nitrogen and oxygen atoms in total. The lowest BCUT2D eigenvalue weighted by Crippen LogP contribution is -2.41. The molecule has 3 rings (SSSR count). The van der Waals surface area contributed by atoms with Crippen molar-refractivity contribution >= 4 is 23.6 Å². The Balaban J connectivity index is 1.91. The number of carbonyl (C=O) groups excluding carboxylic acids is 1. The van der Waals surface area contributed by atoms with Crippen molar-refractivity contribution < 1.29 is 19.4 Å². The minimum atomic E-state index is -1.02. The summed E-state index contributed by atoms with van der Waals surface area (Å²) in [5.41, 5.74) is 6.68. The van der Waals surface area contributed by atoms with Crippen LogP contribution in [0.3, 0.4) is 0 Å². The van der Waals surface area contributed by atoms with Crippen LogP contribution in [0.25, 0.3) is 11.1 Å². The van der Waals surface area contributed by atoms with Crippen molar-refractivity contribution in [2.45, 2.75) is 78.0 Å². The standard InChI is InChI=1S/C34H43NO4S/c1-6-7-15-32(27-13-10-12-26(21-27)23(2)3)39-22-25-16-17-29(30(20-25)28-14-9-8-11-24(28)4)33(36)35-31(34(37)38)18-19-40-5/h8-14,16-17,20-21,23,31-32H,6-7,15,18-19,22H2,1-5H3,(H,35,36)(H,37,38)/t31-,32+/m0/s1. The molecule has 0 heterocycles. The van der Waals surface area contributed by atoms with Gasteiger partial charge in [-0.3, -0.25) is 4.79 Å². The largest absolute Gasteiger partial charge is 0.480 e. The van der Waals surface area contributed by atoms with Gasteiger partial charge >= 0.3 is 5.97 Å². The van der Waals surface area contributed by atoms with E-state index in [1.165, 1.54) is 11.1 Å². The van der Waals surface area contributed by atoms with Crippen molar-refractivity contribution in [1.29, 1.82) is 0 Å². The summed E-state index contributed by atoms with van der Waals surface area (Å²) >= 11 is 1.56. The Morgan fingerprint density at radius 3 is 2.38 bits per heavy atom. The normalized spacial score (nSPS) is 12.8. The monoisotopic (exact) mass is 561 g/mol. The maximum Gasteiger partial charge on any atom is 0.326 e. The predicted octanol–water partition coefficient (Wildman–Crippen LogP) is 8.17. The first-order valence-corrected chi connectivity index (χ1v) is 15.6. The van der Waals surface area contributed by atoms with Crippen molar-refractivity contribution in [1.82, 2.24) is 5.32 Å². The van der Waals surface area contributed by atoms with Gasteiger partial charge in [0.2, 0.25) is 0 Å². The molecule has 214 valence electrons. The van der Waals surface area contributed by atoms with Gasteiger partial charge in [0.05, 0.1) is 12.7 Å². The number of rotatable bonds is 15. The quantitative estimate of drug-likeness (QED) is 0.196. The smallest absolute Gasteiger partial charge is 0.326 e. The van der Waals surface area contributed by atoms with Gasteiger partial charge in [0.1, 0.15) is 6.04 Å². The molecule has 0 unspecified atom stereocenters. The number of nitrogens with one attached hydrogen (secondary N) is 1. The fraction of sp³-hybridized carbons (Fsp3) is 0.412. The fourth-order valence-electron chi connectivity index (χ4n) is 4.76. The molecule has 0 aromatic heterocycles. The van der Waals surface area contributed by atoms with Crippen LogP contribution in [0.5, 0.6) is 0 Å². The van der Waals surface area contributed by atoms with E-state index in [9.17, 15) is 14.7 Å². The highest BCUT2D eigenvalue weighted by molar-refractivity contribution is 7.98. The summed E-state index contributed by atoms with van der Waals surface area (Å²) in [6.45, 7) is 9.02. The molecule has 40 heavy (non-hydrogen) atoms. The molecule has 0 saturated carbocycles. The van der Waals surface area contributed by atoms with Gasteiger partial charge in [-0.25, -0.2) is 4.79 Å². The van der Waals surface area contributed by atoms with E-state index in [4.69, 9.17) is 4.74 Å². The van der Waals surface area contributed by atoms with Gasteiger partial charge < -0.3 is 15.2 Å². The molecule has 0 spiro atoms. The van der Waals surface area contributed by atoms with Gasteiger partial charge in [-0.2, -0.15) is 11.8 Å². The second-order valence-electron chi connectivity index (χ2n) is 10.6. The third-order valence-corrected chi connectivity index (χ3v) is 7.84. The number of carboxylic acids is 1. The number of hydrogen-bond donors (Lipinski definition) is 2. The Morgan fingerprint density at radius 2 is 1.70 bits per heavy atom. The number of unbranched alkanes of at least 4 members (excludes halogenated alkanes) is 1. The number of ether oxygens (including phenoxy) is 1. The van der Waals surface area contributed by atoms with Crippen LogP contribution in [-0.2, 0) is 16.1 Å². The fourth-order valence-corrected chi connectivity index (χ4v) is 5.23. The van der Waals surface area contributed by atoms with Crippen LogP contribution in [0.15, 0.2) is 66.7 Å². The highest BCUT2D eigenvalue weighted by Crippen LogP contribution is 2.31. The lowest BCUT2D eigenvalue weighted by Gasteiger charge is -2.21. The summed E-state index contributed by atoms with van der Waals surface area (Å²) in [5, 5.41) is 12.4. The Kier molecular flexibility index (Phi) is 12.3. The van der Waals surface area contributed by atoms with E-state index in [1.807, 2.05) is 49.6 Å². The molecule has 2 atom stereocenters. The molecule has 0 saturated heterocycles. The van der Waals surface area contributed by atoms with Crippen molar-refractivity contribution in [3.05, 3.63) is 94.5 Å². The highest BCUT2D eigenvalue weighted by Gasteiger charge is 2.23. The summed E-state index contributed by atoms with van der Waals surface area (Å²) in [6, 6.07) is 21.4. The average molecular weight is 562 g/mol. The number of carbonyl (C=O) groups is 2. The molecule has 0 aliphatic carbocycles. The van der Waals surface area contributed by atoms with Crippen LogP contribution < -0.4 is 5.32 Å². The van der Waals surface area contributed by atoms with Crippen LogP contribution in [-0.4, -0.2) is 35.0 Å². The zero-order chi connectivity index (χ0) is 29.1. The van der Waals surface area contributed by atoms with Crippen molar-refractivity contribution in [3.8, 4) is 11.1 Å². The number of benzene rings is 3. The maximum absolute atomic E-state index is 13.4. The first-order chi connectivity index (χ1) is 19.2. The number of thioether (sulfide) groups is 1. The first-order valence-electron chi connectivity index (χ1n) is 14.2. The number of aryl methyl sites for hydroxylation is 1. The topological polar surface area (TPSA) is 75.6 Å². The number of amides is 1. The molecular formula is C34H43NO4S. The third-order valence-electron chi connectivity index (χ3n) is 7.20. The second-order valence-corrected chi connectivity index (χ2v) is 11.6. The number of aliphatic carboxylic acids is 1. The first kappa shape index (κ1) is 31.4.